The summed E-state index contributed by atoms with van der Waals surface area (Å²) < 4.78 is 0. The van der Waals surface area contributed by atoms with Crippen LogP contribution in [0.4, 0.5) is 11.4 Å². The minimum absolute atomic E-state index is 0.0717. The highest BCUT2D eigenvalue weighted by Crippen LogP contribution is 2.33. The van der Waals surface area contributed by atoms with Gasteiger partial charge in [-0.15, -0.1) is 11.3 Å². The van der Waals surface area contributed by atoms with Crippen molar-refractivity contribution < 1.29 is 14.5 Å². The van der Waals surface area contributed by atoms with Gasteiger partial charge in [-0.1, -0.05) is 0 Å². The number of aromatic nitrogens is 1. The molecule has 0 radical (unpaired) electrons. The summed E-state index contributed by atoms with van der Waals surface area (Å²) in [5.74, 6) is -1.40. The predicted molar refractivity (Wildman–Crippen MR) is 75.5 cm³/mol. The lowest BCUT2D eigenvalue weighted by molar-refractivity contribution is -0.384. The maximum Gasteiger partial charge on any atom is 0.299 e. The molecule has 3 rings (SSSR count). The molecule has 0 aliphatic carbocycles. The van der Waals surface area contributed by atoms with E-state index in [1.54, 1.807) is 0 Å². The van der Waals surface area contributed by atoms with Gasteiger partial charge in [0.1, 0.15) is 5.01 Å². The Kier molecular flexibility index (Phi) is 3.02. The van der Waals surface area contributed by atoms with E-state index in [0.29, 0.717) is 10.7 Å². The maximum absolute atomic E-state index is 12.0. The molecule has 2 aromatic rings. The molecule has 8 heteroatoms. The molecule has 1 aromatic carbocycles. The lowest BCUT2D eigenvalue weighted by atomic mass is 10.1. The maximum atomic E-state index is 12.0. The van der Waals surface area contributed by atoms with Crippen molar-refractivity contribution in [2.45, 2.75) is 13.5 Å². The second kappa shape index (κ2) is 4.74. The highest BCUT2D eigenvalue weighted by atomic mass is 32.1. The van der Waals surface area contributed by atoms with Crippen molar-refractivity contribution in [3.05, 3.63) is 50.0 Å². The van der Waals surface area contributed by atoms with Crippen LogP contribution in [0.25, 0.3) is 0 Å². The van der Waals surface area contributed by atoms with E-state index in [0.717, 1.165) is 11.8 Å². The zero-order chi connectivity index (χ0) is 15.1. The molecule has 1 aromatic heterocycles. The third-order valence-corrected chi connectivity index (χ3v) is 4.08. The normalized spacial score (nSPS) is 13.7. The van der Waals surface area contributed by atoms with E-state index in [9.17, 15) is 19.7 Å². The van der Waals surface area contributed by atoms with Gasteiger partial charge < -0.3 is 0 Å². The van der Waals surface area contributed by atoms with E-state index in [1.807, 2.05) is 12.3 Å². The lowest BCUT2D eigenvalue weighted by Gasteiger charge is -2.14. The number of rotatable bonds is 3. The number of thiazole rings is 1. The van der Waals surface area contributed by atoms with Crippen LogP contribution in [0.2, 0.25) is 0 Å². The molecule has 0 bridgehead atoms. The van der Waals surface area contributed by atoms with Crippen LogP contribution in [0.5, 0.6) is 0 Å². The van der Waals surface area contributed by atoms with Gasteiger partial charge in [0, 0.05) is 23.2 Å². The molecule has 1 aliphatic heterocycles. The first-order chi connectivity index (χ1) is 9.97. The zero-order valence-corrected chi connectivity index (χ0v) is 11.7. The standard InChI is InChI=1S/C13H9N3O4S/c1-7-6-21-11(14-7)5-15-10-3-2-8(16(19)20)4-9(10)12(17)13(15)18/h2-4,6H,5H2,1H3. The number of non-ortho nitro benzene ring substituents is 1. The largest absolute Gasteiger partial charge is 0.299 e. The van der Waals surface area contributed by atoms with Crippen LogP contribution in [0.1, 0.15) is 21.1 Å². The fraction of sp³-hybridized carbons (Fsp3) is 0.154. The number of fused-ring (bicyclic) bond motifs is 1. The number of ketones is 1. The van der Waals surface area contributed by atoms with E-state index >= 15 is 0 Å². The fourth-order valence-electron chi connectivity index (χ4n) is 2.17. The number of nitro groups is 1. The van der Waals surface area contributed by atoms with E-state index in [4.69, 9.17) is 0 Å². The van der Waals surface area contributed by atoms with Gasteiger partial charge in [-0.2, -0.15) is 0 Å². The third-order valence-electron chi connectivity index (χ3n) is 3.13. The molecule has 1 amide bonds. The Balaban J connectivity index is 2.00. The molecule has 0 saturated carbocycles. The molecule has 2 heterocycles. The molecule has 106 valence electrons. The fourth-order valence-corrected chi connectivity index (χ4v) is 2.93. The molecule has 7 nitrogen and oxygen atoms in total. The van der Waals surface area contributed by atoms with Crippen molar-refractivity contribution in [1.29, 1.82) is 0 Å². The van der Waals surface area contributed by atoms with E-state index < -0.39 is 16.6 Å². The molecule has 0 atom stereocenters. The quantitative estimate of drug-likeness (QED) is 0.491. The topological polar surface area (TPSA) is 93.4 Å². The van der Waals surface area contributed by atoms with Crippen molar-refractivity contribution in [1.82, 2.24) is 4.98 Å². The van der Waals surface area contributed by atoms with Gasteiger partial charge in [-0.05, 0) is 13.0 Å². The second-order valence-electron chi connectivity index (χ2n) is 4.56. The van der Waals surface area contributed by atoms with Crippen LogP contribution < -0.4 is 4.90 Å². The van der Waals surface area contributed by atoms with Crippen LogP contribution in [-0.2, 0) is 11.3 Å². The molecule has 0 fully saturated rings. The van der Waals surface area contributed by atoms with Crippen LogP contribution in [0, 0.1) is 17.0 Å². The predicted octanol–water partition coefficient (Wildman–Crippen LogP) is 2.09. The van der Waals surface area contributed by atoms with E-state index in [1.165, 1.54) is 28.4 Å². The second-order valence-corrected chi connectivity index (χ2v) is 5.50. The smallest absolute Gasteiger partial charge is 0.298 e. The van der Waals surface area contributed by atoms with Crippen LogP contribution in [-0.4, -0.2) is 21.6 Å². The number of nitrogens with zero attached hydrogens (tertiary/aromatic N) is 3. The third kappa shape index (κ3) is 2.19. The van der Waals surface area contributed by atoms with Crippen LogP contribution in [0.3, 0.4) is 0 Å². The Morgan fingerprint density at radius 3 is 2.76 bits per heavy atom. The molecule has 21 heavy (non-hydrogen) atoms. The summed E-state index contributed by atoms with van der Waals surface area (Å²) in [5.41, 5.74) is 1.10. The summed E-state index contributed by atoms with van der Waals surface area (Å²) >= 11 is 1.40. The Morgan fingerprint density at radius 1 is 1.38 bits per heavy atom. The summed E-state index contributed by atoms with van der Waals surface area (Å²) in [6.45, 7) is 2.03. The van der Waals surface area contributed by atoms with Crippen molar-refractivity contribution in [3.8, 4) is 0 Å². The monoisotopic (exact) mass is 303 g/mol. The summed E-state index contributed by atoms with van der Waals surface area (Å²) in [5, 5.41) is 13.3. The number of anilines is 1. The molecule has 0 spiro atoms. The SMILES string of the molecule is Cc1csc(CN2C(=O)C(=O)c3cc([N+](=O)[O-])ccc32)n1. The number of hydrogen-bond acceptors (Lipinski definition) is 6. The minimum Gasteiger partial charge on any atom is -0.298 e. The number of carbonyl (C=O) groups excluding carboxylic acids is 2. The number of hydrogen-bond donors (Lipinski definition) is 0. The van der Waals surface area contributed by atoms with Gasteiger partial charge in [-0.25, -0.2) is 4.98 Å². The first-order valence-corrected chi connectivity index (χ1v) is 6.91. The summed E-state index contributed by atoms with van der Waals surface area (Å²) in [7, 11) is 0. The first-order valence-electron chi connectivity index (χ1n) is 6.03. The summed E-state index contributed by atoms with van der Waals surface area (Å²) in [4.78, 5) is 39.7. The molecular weight excluding hydrogens is 294 g/mol. The van der Waals surface area contributed by atoms with Crippen molar-refractivity contribution in [2.24, 2.45) is 0 Å². The van der Waals surface area contributed by atoms with Gasteiger partial charge in [0.05, 0.1) is 22.7 Å². The molecular formula is C13H9N3O4S. The highest BCUT2D eigenvalue weighted by Gasteiger charge is 2.37. The average molecular weight is 303 g/mol. The Hall–Kier alpha value is -2.61. The lowest BCUT2D eigenvalue weighted by Crippen LogP contribution is -2.29. The summed E-state index contributed by atoms with van der Waals surface area (Å²) in [6.07, 6.45) is 0. The number of Topliss-reactive ketones (excluding diaryl/α,β-unsaturated/α-hetero) is 1. The number of amides is 1. The molecule has 0 unspecified atom stereocenters. The van der Waals surface area contributed by atoms with E-state index in [-0.39, 0.29) is 17.8 Å². The van der Waals surface area contributed by atoms with Gasteiger partial charge in [0.2, 0.25) is 0 Å². The van der Waals surface area contributed by atoms with Gasteiger partial charge in [-0.3, -0.25) is 24.6 Å². The van der Waals surface area contributed by atoms with Crippen molar-refractivity contribution >= 4 is 34.4 Å². The highest BCUT2D eigenvalue weighted by molar-refractivity contribution is 7.09. The van der Waals surface area contributed by atoms with Gasteiger partial charge in [0.25, 0.3) is 17.4 Å². The number of benzene rings is 1. The Morgan fingerprint density at radius 2 is 2.14 bits per heavy atom. The first kappa shape index (κ1) is 13.4. The average Bonchev–Trinajstić information content (AvgIpc) is 2.96. The minimum atomic E-state index is -0.720. The number of aryl methyl sites for hydroxylation is 1. The summed E-state index contributed by atoms with van der Waals surface area (Å²) in [6, 6.07) is 3.85. The van der Waals surface area contributed by atoms with Gasteiger partial charge in [0.15, 0.2) is 0 Å². The molecule has 0 saturated heterocycles. The number of carbonyl (C=O) groups is 2. The van der Waals surface area contributed by atoms with Gasteiger partial charge >= 0.3 is 0 Å². The zero-order valence-electron chi connectivity index (χ0n) is 10.9. The van der Waals surface area contributed by atoms with E-state index in [2.05, 4.69) is 4.98 Å². The van der Waals surface area contributed by atoms with Crippen LogP contribution >= 0.6 is 11.3 Å². The van der Waals surface area contributed by atoms with Crippen molar-refractivity contribution in [2.75, 3.05) is 4.90 Å². The Bertz CT molecular complexity index is 783. The molecule has 1 aliphatic rings. The number of nitro benzene ring substituents is 1. The van der Waals surface area contributed by atoms with Crippen molar-refractivity contribution in [3.63, 3.8) is 0 Å². The molecule has 0 N–H and O–H groups in total. The Labute approximate surface area is 123 Å². The van der Waals surface area contributed by atoms with Crippen LogP contribution in [0.15, 0.2) is 23.6 Å².